The van der Waals surface area contributed by atoms with E-state index in [4.69, 9.17) is 4.42 Å². The fraction of sp³-hybridized carbons (Fsp3) is 0.300. The van der Waals surface area contributed by atoms with Gasteiger partial charge < -0.3 is 9.15 Å². The number of hydrogen-bond donors (Lipinski definition) is 0. The Morgan fingerprint density at radius 3 is 3.07 bits per heavy atom. The lowest BCUT2D eigenvalue weighted by Gasteiger charge is -1.90. The van der Waals surface area contributed by atoms with E-state index >= 15 is 0 Å². The molecule has 0 radical (unpaired) electrons. The number of carbonyl (C=O) groups is 1. The van der Waals surface area contributed by atoms with Crippen LogP contribution in [0, 0.1) is 11.8 Å². The van der Waals surface area contributed by atoms with Crippen LogP contribution < -0.4 is 0 Å². The summed E-state index contributed by atoms with van der Waals surface area (Å²) in [4.78, 5) is 11.0. The highest BCUT2D eigenvalue weighted by Gasteiger charge is 2.09. The van der Waals surface area contributed by atoms with Crippen molar-refractivity contribution in [1.29, 1.82) is 0 Å². The quantitative estimate of drug-likeness (QED) is 0.463. The summed E-state index contributed by atoms with van der Waals surface area (Å²) in [6, 6.07) is 3.19. The maximum Gasteiger partial charge on any atom is 0.374 e. The van der Waals surface area contributed by atoms with Gasteiger partial charge in [-0.25, -0.2) is 4.79 Å². The average molecular weight is 257 g/mol. The van der Waals surface area contributed by atoms with Gasteiger partial charge in [-0.05, 0) is 18.1 Å². The van der Waals surface area contributed by atoms with Crippen LogP contribution in [0.25, 0.3) is 0 Å². The Kier molecular flexibility index (Phi) is 4.27. The lowest BCUT2D eigenvalue weighted by atomic mass is 10.4. The van der Waals surface area contributed by atoms with Crippen molar-refractivity contribution in [1.82, 2.24) is 0 Å². The molecular formula is C10H9BrO3. The molecule has 0 unspecified atom stereocenters. The smallest absolute Gasteiger partial charge is 0.374 e. The lowest BCUT2D eigenvalue weighted by molar-refractivity contribution is 0.0564. The van der Waals surface area contributed by atoms with E-state index in [9.17, 15) is 4.79 Å². The zero-order valence-electron chi connectivity index (χ0n) is 7.67. The van der Waals surface area contributed by atoms with E-state index in [1.54, 1.807) is 12.1 Å². The molecule has 1 heterocycles. The lowest BCUT2D eigenvalue weighted by Crippen LogP contribution is -1.98. The van der Waals surface area contributed by atoms with Gasteiger partial charge in [-0.3, -0.25) is 0 Å². The van der Waals surface area contributed by atoms with E-state index < -0.39 is 5.97 Å². The monoisotopic (exact) mass is 256 g/mol. The Bertz CT molecular complexity index is 370. The zero-order valence-corrected chi connectivity index (χ0v) is 9.26. The maximum atomic E-state index is 11.0. The highest BCUT2D eigenvalue weighted by molar-refractivity contribution is 9.09. The van der Waals surface area contributed by atoms with E-state index in [1.807, 2.05) is 0 Å². The molecule has 0 spiro atoms. The number of carbonyl (C=O) groups excluding carboxylic acids is 1. The number of alkyl halides is 1. The average Bonchev–Trinajstić information content (AvgIpc) is 2.66. The predicted molar refractivity (Wildman–Crippen MR) is 55.3 cm³/mol. The Morgan fingerprint density at radius 2 is 2.43 bits per heavy atom. The first-order valence-corrected chi connectivity index (χ1v) is 5.13. The van der Waals surface area contributed by atoms with Gasteiger partial charge in [0, 0.05) is 11.8 Å². The van der Waals surface area contributed by atoms with Crippen molar-refractivity contribution in [2.45, 2.75) is 6.42 Å². The molecule has 14 heavy (non-hydrogen) atoms. The minimum Gasteiger partial charge on any atom is -0.463 e. The molecule has 0 aromatic carbocycles. The molecule has 3 nitrogen and oxygen atoms in total. The predicted octanol–water partition coefficient (Wildman–Crippen LogP) is 2.20. The number of halogens is 1. The zero-order chi connectivity index (χ0) is 10.4. The molecule has 0 atom stereocenters. The van der Waals surface area contributed by atoms with Crippen molar-refractivity contribution in [3.05, 3.63) is 23.7 Å². The van der Waals surface area contributed by atoms with Gasteiger partial charge in [0.1, 0.15) is 0 Å². The largest absolute Gasteiger partial charge is 0.463 e. The second-order valence-electron chi connectivity index (χ2n) is 2.40. The minimum atomic E-state index is -0.487. The minimum absolute atomic E-state index is 0.177. The number of furan rings is 1. The Balaban J connectivity index is 2.70. The summed E-state index contributed by atoms with van der Waals surface area (Å²) < 4.78 is 9.61. The topological polar surface area (TPSA) is 39.4 Å². The van der Waals surface area contributed by atoms with Gasteiger partial charge in [-0.1, -0.05) is 21.9 Å². The summed E-state index contributed by atoms with van der Waals surface area (Å²) >= 11 is 3.26. The summed E-state index contributed by atoms with van der Waals surface area (Å²) in [7, 11) is 1.31. The Hall–Kier alpha value is -1.21. The van der Waals surface area contributed by atoms with Crippen molar-refractivity contribution in [3.8, 4) is 11.8 Å². The molecule has 1 aromatic heterocycles. The van der Waals surface area contributed by atoms with Crippen molar-refractivity contribution in [2.24, 2.45) is 0 Å². The van der Waals surface area contributed by atoms with Gasteiger partial charge in [-0.15, -0.1) is 0 Å². The number of ether oxygens (including phenoxy) is 1. The molecule has 0 aliphatic heterocycles. The number of esters is 1. The highest BCUT2D eigenvalue weighted by atomic mass is 79.9. The summed E-state index contributed by atoms with van der Waals surface area (Å²) in [5, 5.41) is 0.824. The first kappa shape index (κ1) is 10.9. The fourth-order valence-corrected chi connectivity index (χ4v) is 1.01. The van der Waals surface area contributed by atoms with Gasteiger partial charge >= 0.3 is 5.97 Å². The first-order chi connectivity index (χ1) is 6.77. The molecule has 1 rings (SSSR count). The van der Waals surface area contributed by atoms with Crippen LogP contribution in [0.1, 0.15) is 22.7 Å². The van der Waals surface area contributed by atoms with Gasteiger partial charge in [0.2, 0.25) is 5.76 Å². The van der Waals surface area contributed by atoms with Crippen LogP contribution in [0.3, 0.4) is 0 Å². The maximum absolute atomic E-state index is 11.0. The van der Waals surface area contributed by atoms with Crippen LogP contribution in [0.15, 0.2) is 16.5 Å². The summed E-state index contributed by atoms with van der Waals surface area (Å²) in [6.07, 6.45) is 0.744. The van der Waals surface area contributed by atoms with E-state index in [-0.39, 0.29) is 5.76 Å². The van der Waals surface area contributed by atoms with Gasteiger partial charge in [0.15, 0.2) is 5.76 Å². The van der Waals surface area contributed by atoms with Gasteiger partial charge in [-0.2, -0.15) is 0 Å². The Morgan fingerprint density at radius 1 is 1.64 bits per heavy atom. The molecule has 4 heteroatoms. The molecule has 1 aromatic rings. The van der Waals surface area contributed by atoms with Crippen molar-refractivity contribution in [2.75, 3.05) is 12.4 Å². The van der Waals surface area contributed by atoms with Crippen LogP contribution in [-0.4, -0.2) is 18.4 Å². The molecule has 0 bridgehead atoms. The molecular weight excluding hydrogens is 248 g/mol. The van der Waals surface area contributed by atoms with Crippen molar-refractivity contribution < 1.29 is 13.9 Å². The SMILES string of the molecule is COC(=O)c1ccc(C#CCCBr)o1. The Labute approximate surface area is 90.6 Å². The third kappa shape index (κ3) is 2.93. The first-order valence-electron chi connectivity index (χ1n) is 4.01. The standard InChI is InChI=1S/C10H9BrO3/c1-13-10(12)9-6-5-8(14-9)4-2-3-7-11/h5-6H,3,7H2,1H3. The summed E-state index contributed by atoms with van der Waals surface area (Å²) in [5.41, 5.74) is 0. The third-order valence-electron chi connectivity index (χ3n) is 1.42. The normalized spacial score (nSPS) is 9.00. The molecule has 0 amide bonds. The number of hydrogen-bond acceptors (Lipinski definition) is 3. The molecule has 0 aliphatic carbocycles. The molecule has 0 fully saturated rings. The second-order valence-corrected chi connectivity index (χ2v) is 3.19. The molecule has 0 saturated heterocycles. The molecule has 74 valence electrons. The van der Waals surface area contributed by atoms with Crippen LogP contribution in [0.2, 0.25) is 0 Å². The van der Waals surface area contributed by atoms with Gasteiger partial charge in [0.05, 0.1) is 7.11 Å². The van der Waals surface area contributed by atoms with Crippen molar-refractivity contribution >= 4 is 21.9 Å². The highest BCUT2D eigenvalue weighted by Crippen LogP contribution is 2.07. The fourth-order valence-electron chi connectivity index (χ4n) is 0.812. The molecule has 0 saturated carbocycles. The van der Waals surface area contributed by atoms with Crippen LogP contribution in [0.5, 0.6) is 0 Å². The van der Waals surface area contributed by atoms with E-state index in [1.165, 1.54) is 7.11 Å². The third-order valence-corrected chi connectivity index (χ3v) is 1.82. The van der Waals surface area contributed by atoms with E-state index in [0.29, 0.717) is 5.76 Å². The second kappa shape index (κ2) is 5.51. The number of methoxy groups -OCH3 is 1. The van der Waals surface area contributed by atoms with Crippen LogP contribution >= 0.6 is 15.9 Å². The van der Waals surface area contributed by atoms with E-state index in [0.717, 1.165) is 11.8 Å². The van der Waals surface area contributed by atoms with Crippen molar-refractivity contribution in [3.63, 3.8) is 0 Å². The molecule has 0 aliphatic rings. The summed E-state index contributed by atoms with van der Waals surface area (Å²) in [6.45, 7) is 0. The van der Waals surface area contributed by atoms with E-state index in [2.05, 4.69) is 32.5 Å². The van der Waals surface area contributed by atoms with Crippen LogP contribution in [0.4, 0.5) is 0 Å². The molecule has 0 N–H and O–H groups in total. The summed E-state index contributed by atoms with van der Waals surface area (Å²) in [5.74, 6) is 5.84. The number of rotatable bonds is 2. The van der Waals surface area contributed by atoms with Crippen LogP contribution in [-0.2, 0) is 4.74 Å². The van der Waals surface area contributed by atoms with Gasteiger partial charge in [0.25, 0.3) is 0 Å².